The highest BCUT2D eigenvalue weighted by molar-refractivity contribution is 5.84. The van der Waals surface area contributed by atoms with Crippen LogP contribution in [0.5, 0.6) is 5.88 Å². The Morgan fingerprint density at radius 3 is 2.82 bits per heavy atom. The van der Waals surface area contributed by atoms with Gasteiger partial charge in [0.2, 0.25) is 5.88 Å². The number of hydrogen-bond acceptors (Lipinski definition) is 8. The van der Waals surface area contributed by atoms with Crippen LogP contribution in [0.2, 0.25) is 0 Å². The summed E-state index contributed by atoms with van der Waals surface area (Å²) >= 11 is 0. The molecule has 0 aliphatic carbocycles. The van der Waals surface area contributed by atoms with Crippen molar-refractivity contribution in [3.8, 4) is 5.88 Å². The second kappa shape index (κ2) is 10.9. The minimum Gasteiger partial charge on any atom is -0.481 e. The molecule has 2 aromatic rings. The summed E-state index contributed by atoms with van der Waals surface area (Å²) in [5.41, 5.74) is 1.74. The van der Waals surface area contributed by atoms with Crippen molar-refractivity contribution in [3.05, 3.63) is 36.0 Å². The molecule has 1 amide bonds. The van der Waals surface area contributed by atoms with Gasteiger partial charge < -0.3 is 29.7 Å². The molecule has 33 heavy (non-hydrogen) atoms. The van der Waals surface area contributed by atoms with Gasteiger partial charge in [-0.2, -0.15) is 0 Å². The van der Waals surface area contributed by atoms with Crippen molar-refractivity contribution in [2.45, 2.75) is 70.0 Å². The molecule has 0 saturated carbocycles. The SMILES string of the molecule is COc1ccc2nccc(/C=C/[C@@H]3CC[C@@H](NC(=O)OC(C)(C)C)[C@@H](CC(O)CO)O3)c2n1. The Kier molecular flexibility index (Phi) is 8.23. The second-order valence-electron chi connectivity index (χ2n) is 9.10. The maximum absolute atomic E-state index is 12.3. The van der Waals surface area contributed by atoms with E-state index >= 15 is 0 Å². The quantitative estimate of drug-likeness (QED) is 0.578. The molecule has 1 saturated heterocycles. The van der Waals surface area contributed by atoms with E-state index in [9.17, 15) is 15.0 Å². The first-order valence-electron chi connectivity index (χ1n) is 11.1. The Morgan fingerprint density at radius 1 is 1.33 bits per heavy atom. The van der Waals surface area contributed by atoms with Crippen LogP contribution in [0.1, 0.15) is 45.6 Å². The van der Waals surface area contributed by atoms with Crippen molar-refractivity contribution in [2.24, 2.45) is 0 Å². The number of pyridine rings is 2. The molecule has 9 heteroatoms. The fraction of sp³-hybridized carbons (Fsp3) is 0.542. The molecular formula is C24H33N3O6. The minimum atomic E-state index is -0.943. The zero-order valence-electron chi connectivity index (χ0n) is 19.5. The van der Waals surface area contributed by atoms with Crippen molar-refractivity contribution in [1.29, 1.82) is 0 Å². The number of aliphatic hydroxyl groups excluding tert-OH is 2. The first-order chi connectivity index (χ1) is 15.7. The van der Waals surface area contributed by atoms with E-state index in [-0.39, 0.29) is 25.2 Å². The lowest BCUT2D eigenvalue weighted by molar-refractivity contribution is -0.0728. The van der Waals surface area contributed by atoms with Gasteiger partial charge in [-0.05, 0) is 45.7 Å². The number of aliphatic hydroxyl groups is 2. The molecule has 3 rings (SSSR count). The molecule has 9 nitrogen and oxygen atoms in total. The number of fused-ring (bicyclic) bond motifs is 1. The standard InChI is InChI=1S/C24H33N3O6/c1-24(2,3)33-23(30)26-18-8-7-17(32-20(18)13-16(29)14-28)6-5-15-11-12-25-19-9-10-21(31-4)27-22(15)19/h5-6,9-12,16-18,20,28-29H,7-8,13-14H2,1-4H3,(H,26,30)/b6-5+/t16?,17-,18-,20-/m1/s1. The number of carbonyl (C=O) groups excluding carboxylic acids is 1. The van der Waals surface area contributed by atoms with Crippen molar-refractivity contribution in [1.82, 2.24) is 15.3 Å². The average Bonchev–Trinajstić information content (AvgIpc) is 2.77. The van der Waals surface area contributed by atoms with E-state index in [2.05, 4.69) is 15.3 Å². The molecule has 0 bridgehead atoms. The van der Waals surface area contributed by atoms with Gasteiger partial charge >= 0.3 is 6.09 Å². The molecule has 0 spiro atoms. The number of aromatic nitrogens is 2. The number of hydrogen-bond donors (Lipinski definition) is 3. The van der Waals surface area contributed by atoms with E-state index in [4.69, 9.17) is 14.2 Å². The number of rotatable bonds is 7. The molecule has 0 radical (unpaired) electrons. The maximum atomic E-state index is 12.3. The Hall–Kier alpha value is -2.75. The lowest BCUT2D eigenvalue weighted by Gasteiger charge is -2.37. The molecule has 3 N–H and O–H groups in total. The summed E-state index contributed by atoms with van der Waals surface area (Å²) in [6, 6.07) is 5.16. The number of nitrogens with zero attached hydrogens (tertiary/aromatic N) is 2. The summed E-state index contributed by atoms with van der Waals surface area (Å²) in [7, 11) is 1.57. The van der Waals surface area contributed by atoms with Gasteiger partial charge in [0.15, 0.2) is 0 Å². The molecule has 180 valence electrons. The van der Waals surface area contributed by atoms with Crippen LogP contribution in [0, 0.1) is 0 Å². The Labute approximate surface area is 193 Å². The van der Waals surface area contributed by atoms with Crippen LogP contribution in [0.3, 0.4) is 0 Å². The summed E-state index contributed by atoms with van der Waals surface area (Å²) in [6.45, 7) is 5.01. The minimum absolute atomic E-state index is 0.193. The summed E-state index contributed by atoms with van der Waals surface area (Å²) in [5.74, 6) is 0.508. The summed E-state index contributed by atoms with van der Waals surface area (Å²) in [6.07, 6.45) is 4.92. The first kappa shape index (κ1) is 24.9. The number of alkyl carbamates (subject to hydrolysis) is 1. The van der Waals surface area contributed by atoms with Crippen LogP contribution in [0.4, 0.5) is 4.79 Å². The van der Waals surface area contributed by atoms with Crippen LogP contribution in [-0.4, -0.2) is 69.9 Å². The predicted molar refractivity (Wildman–Crippen MR) is 124 cm³/mol. The summed E-state index contributed by atoms with van der Waals surface area (Å²) in [5, 5.41) is 22.1. The van der Waals surface area contributed by atoms with Crippen LogP contribution < -0.4 is 10.1 Å². The highest BCUT2D eigenvalue weighted by atomic mass is 16.6. The molecular weight excluding hydrogens is 426 g/mol. The Balaban J connectivity index is 1.73. The number of methoxy groups -OCH3 is 1. The summed E-state index contributed by atoms with van der Waals surface area (Å²) in [4.78, 5) is 21.1. The van der Waals surface area contributed by atoms with Gasteiger partial charge in [-0.25, -0.2) is 9.78 Å². The normalized spacial score (nSPS) is 22.3. The van der Waals surface area contributed by atoms with Gasteiger partial charge in [0.1, 0.15) is 5.60 Å². The van der Waals surface area contributed by atoms with E-state index in [1.54, 1.807) is 40.1 Å². The van der Waals surface area contributed by atoms with E-state index in [1.165, 1.54) is 0 Å². The third-order valence-electron chi connectivity index (χ3n) is 5.27. The zero-order chi connectivity index (χ0) is 24.0. The van der Waals surface area contributed by atoms with E-state index in [1.807, 2.05) is 24.3 Å². The van der Waals surface area contributed by atoms with Crippen LogP contribution >= 0.6 is 0 Å². The molecule has 2 aromatic heterocycles. The van der Waals surface area contributed by atoms with E-state index in [0.717, 1.165) is 16.6 Å². The fourth-order valence-corrected chi connectivity index (χ4v) is 3.73. The monoisotopic (exact) mass is 459 g/mol. The zero-order valence-corrected chi connectivity index (χ0v) is 19.5. The number of amides is 1. The van der Waals surface area contributed by atoms with Crippen LogP contribution in [0.25, 0.3) is 17.1 Å². The third-order valence-corrected chi connectivity index (χ3v) is 5.27. The topological polar surface area (TPSA) is 123 Å². The van der Waals surface area contributed by atoms with Crippen LogP contribution in [0.15, 0.2) is 30.5 Å². The molecule has 1 aliphatic heterocycles. The lowest BCUT2D eigenvalue weighted by atomic mass is 9.94. The van der Waals surface area contributed by atoms with Gasteiger partial charge in [-0.15, -0.1) is 0 Å². The third kappa shape index (κ3) is 7.12. The van der Waals surface area contributed by atoms with Gasteiger partial charge in [-0.3, -0.25) is 4.98 Å². The second-order valence-corrected chi connectivity index (χ2v) is 9.10. The number of nitrogens with one attached hydrogen (secondary N) is 1. The van der Waals surface area contributed by atoms with Gasteiger partial charge in [0, 0.05) is 24.2 Å². The van der Waals surface area contributed by atoms with Gasteiger partial charge in [0.05, 0.1) is 49.1 Å². The van der Waals surface area contributed by atoms with Crippen molar-refractivity contribution in [2.75, 3.05) is 13.7 Å². The molecule has 4 atom stereocenters. The number of ether oxygens (including phenoxy) is 3. The van der Waals surface area contributed by atoms with Gasteiger partial charge in [0.25, 0.3) is 0 Å². The van der Waals surface area contributed by atoms with Crippen molar-refractivity contribution < 1.29 is 29.2 Å². The average molecular weight is 460 g/mol. The molecule has 3 heterocycles. The van der Waals surface area contributed by atoms with Gasteiger partial charge in [-0.1, -0.05) is 12.2 Å². The summed E-state index contributed by atoms with van der Waals surface area (Å²) < 4.78 is 16.8. The molecule has 1 aliphatic rings. The smallest absolute Gasteiger partial charge is 0.407 e. The van der Waals surface area contributed by atoms with Crippen LogP contribution in [-0.2, 0) is 9.47 Å². The highest BCUT2D eigenvalue weighted by Gasteiger charge is 2.33. The van der Waals surface area contributed by atoms with Crippen molar-refractivity contribution in [3.63, 3.8) is 0 Å². The molecule has 1 fully saturated rings. The van der Waals surface area contributed by atoms with Crippen molar-refractivity contribution >= 4 is 23.2 Å². The molecule has 0 aromatic carbocycles. The van der Waals surface area contributed by atoms with E-state index < -0.39 is 23.9 Å². The van der Waals surface area contributed by atoms with E-state index in [0.29, 0.717) is 18.7 Å². The largest absolute Gasteiger partial charge is 0.481 e. The Bertz CT molecular complexity index is 974. The maximum Gasteiger partial charge on any atom is 0.407 e. The molecule has 1 unspecified atom stereocenters. The Morgan fingerprint density at radius 2 is 2.12 bits per heavy atom. The lowest BCUT2D eigenvalue weighted by Crippen LogP contribution is -2.51. The first-order valence-corrected chi connectivity index (χ1v) is 11.1. The predicted octanol–water partition coefficient (Wildman–Crippen LogP) is 2.84. The number of carbonyl (C=O) groups is 1. The fourth-order valence-electron chi connectivity index (χ4n) is 3.73. The highest BCUT2D eigenvalue weighted by Crippen LogP contribution is 2.26.